The Morgan fingerprint density at radius 3 is 2.41 bits per heavy atom. The third-order valence-corrected chi connectivity index (χ3v) is 4.85. The highest BCUT2D eigenvalue weighted by Gasteiger charge is 2.25. The number of carbonyl (C=O) groups is 1. The van der Waals surface area contributed by atoms with Gasteiger partial charge in [-0.05, 0) is 30.3 Å². The third-order valence-electron chi connectivity index (χ3n) is 4.85. The number of carbonyl (C=O) groups excluding carboxylic acids is 1. The summed E-state index contributed by atoms with van der Waals surface area (Å²) < 4.78 is 0. The molecule has 2 aromatic carbocycles. The van der Waals surface area contributed by atoms with E-state index in [4.69, 9.17) is 0 Å². The number of nitro benzene ring substituents is 1. The summed E-state index contributed by atoms with van der Waals surface area (Å²) in [6.07, 6.45) is 1.64. The van der Waals surface area contributed by atoms with E-state index >= 15 is 0 Å². The summed E-state index contributed by atoms with van der Waals surface area (Å²) in [5.74, 6) is 0.0296. The molecule has 4 rings (SSSR count). The van der Waals surface area contributed by atoms with Gasteiger partial charge in [0.1, 0.15) is 5.52 Å². The summed E-state index contributed by atoms with van der Waals surface area (Å²) in [5, 5.41) is 11.8. The Kier molecular flexibility index (Phi) is 4.42. The number of nitro groups is 1. The van der Waals surface area contributed by atoms with Crippen LogP contribution in [0.15, 0.2) is 60.8 Å². The van der Waals surface area contributed by atoms with E-state index in [1.807, 2.05) is 35.2 Å². The predicted octanol–water partition coefficient (Wildman–Crippen LogP) is 3.11. The summed E-state index contributed by atoms with van der Waals surface area (Å²) in [7, 11) is 0. The van der Waals surface area contributed by atoms with Gasteiger partial charge in [0.05, 0.1) is 16.0 Å². The molecule has 0 bridgehead atoms. The normalized spacial score (nSPS) is 14.4. The number of fused-ring (bicyclic) bond motifs is 1. The van der Waals surface area contributed by atoms with Crippen LogP contribution in [0.4, 0.5) is 11.4 Å². The average Bonchev–Trinajstić information content (AvgIpc) is 2.73. The molecule has 0 atom stereocenters. The van der Waals surface area contributed by atoms with E-state index in [0.29, 0.717) is 42.6 Å². The number of piperazine rings is 1. The van der Waals surface area contributed by atoms with Gasteiger partial charge in [-0.1, -0.05) is 18.2 Å². The SMILES string of the molecule is O=C(c1ccccc1)N1CCN(c2ccc([N+](=O)[O-])c3cccnc23)CC1. The predicted molar refractivity (Wildman–Crippen MR) is 103 cm³/mol. The van der Waals surface area contributed by atoms with Gasteiger partial charge in [0.25, 0.3) is 11.6 Å². The summed E-state index contributed by atoms with van der Waals surface area (Å²) in [5.41, 5.74) is 2.23. The number of hydrogen-bond acceptors (Lipinski definition) is 5. The summed E-state index contributed by atoms with van der Waals surface area (Å²) in [6, 6.07) is 16.0. The molecule has 0 unspecified atom stereocenters. The number of non-ortho nitro benzene ring substituents is 1. The van der Waals surface area contributed by atoms with E-state index < -0.39 is 0 Å². The molecule has 3 aromatic rings. The second-order valence-corrected chi connectivity index (χ2v) is 6.41. The van der Waals surface area contributed by atoms with Crippen LogP contribution in [0.3, 0.4) is 0 Å². The Hall–Kier alpha value is -3.48. The standard InChI is InChI=1S/C20H18N4O3/c25-20(15-5-2-1-3-6-15)23-13-11-22(12-14-23)18-9-8-17(24(26)27)16-7-4-10-21-19(16)18/h1-10H,11-14H2. The summed E-state index contributed by atoms with van der Waals surface area (Å²) in [6.45, 7) is 2.50. The van der Waals surface area contributed by atoms with Crippen LogP contribution in [0.25, 0.3) is 10.9 Å². The number of rotatable bonds is 3. The number of benzene rings is 2. The van der Waals surface area contributed by atoms with Crippen LogP contribution in [0.5, 0.6) is 0 Å². The topological polar surface area (TPSA) is 79.6 Å². The number of hydrogen-bond donors (Lipinski definition) is 0. The molecule has 27 heavy (non-hydrogen) atoms. The minimum Gasteiger partial charge on any atom is -0.366 e. The number of pyridine rings is 1. The molecule has 0 N–H and O–H groups in total. The molecule has 136 valence electrons. The van der Waals surface area contributed by atoms with Gasteiger partial charge in [-0.25, -0.2) is 0 Å². The largest absolute Gasteiger partial charge is 0.366 e. The second-order valence-electron chi connectivity index (χ2n) is 6.41. The van der Waals surface area contributed by atoms with Gasteiger partial charge in [0.15, 0.2) is 0 Å². The van der Waals surface area contributed by atoms with Gasteiger partial charge < -0.3 is 9.80 Å². The van der Waals surface area contributed by atoms with E-state index in [0.717, 1.165) is 5.69 Å². The van der Waals surface area contributed by atoms with Crippen LogP contribution < -0.4 is 4.90 Å². The summed E-state index contributed by atoms with van der Waals surface area (Å²) in [4.78, 5) is 31.8. The molecule has 0 saturated carbocycles. The Bertz CT molecular complexity index is 999. The van der Waals surface area contributed by atoms with Crippen molar-refractivity contribution in [2.24, 2.45) is 0 Å². The smallest absolute Gasteiger partial charge is 0.278 e. The summed E-state index contributed by atoms with van der Waals surface area (Å²) >= 11 is 0. The van der Waals surface area contributed by atoms with Crippen LogP contribution in [-0.4, -0.2) is 46.9 Å². The molecule has 1 aromatic heterocycles. The van der Waals surface area contributed by atoms with Crippen LogP contribution >= 0.6 is 0 Å². The van der Waals surface area contributed by atoms with Gasteiger partial charge in [0, 0.05) is 44.0 Å². The molecule has 7 nitrogen and oxygen atoms in total. The van der Waals surface area contributed by atoms with Crippen molar-refractivity contribution in [3.05, 3.63) is 76.5 Å². The van der Waals surface area contributed by atoms with Gasteiger partial charge in [0.2, 0.25) is 0 Å². The molecule has 1 fully saturated rings. The first-order valence-corrected chi connectivity index (χ1v) is 8.76. The van der Waals surface area contributed by atoms with Crippen LogP contribution in [-0.2, 0) is 0 Å². The number of amides is 1. The van der Waals surface area contributed by atoms with E-state index in [9.17, 15) is 14.9 Å². The molecule has 1 aliphatic rings. The molecule has 0 spiro atoms. The molecule has 2 heterocycles. The maximum absolute atomic E-state index is 12.6. The Labute approximate surface area is 156 Å². The van der Waals surface area contributed by atoms with Crippen molar-refractivity contribution in [2.75, 3.05) is 31.1 Å². The number of nitrogens with zero attached hydrogens (tertiary/aromatic N) is 4. The van der Waals surface area contributed by atoms with E-state index in [2.05, 4.69) is 9.88 Å². The van der Waals surface area contributed by atoms with E-state index in [-0.39, 0.29) is 16.5 Å². The van der Waals surface area contributed by atoms with Crippen molar-refractivity contribution in [3.8, 4) is 0 Å². The second kappa shape index (κ2) is 7.03. The fourth-order valence-corrected chi connectivity index (χ4v) is 3.47. The minimum atomic E-state index is -0.385. The van der Waals surface area contributed by atoms with Gasteiger partial charge in [-0.15, -0.1) is 0 Å². The van der Waals surface area contributed by atoms with Gasteiger partial charge >= 0.3 is 0 Å². The Morgan fingerprint density at radius 1 is 0.963 bits per heavy atom. The lowest BCUT2D eigenvalue weighted by Crippen LogP contribution is -2.48. The highest BCUT2D eigenvalue weighted by Crippen LogP contribution is 2.32. The first-order chi connectivity index (χ1) is 13.1. The first kappa shape index (κ1) is 17.0. The lowest BCUT2D eigenvalue weighted by Gasteiger charge is -2.36. The molecule has 1 amide bonds. The molecule has 7 heteroatoms. The fraction of sp³-hybridized carbons (Fsp3) is 0.200. The lowest BCUT2D eigenvalue weighted by atomic mass is 10.1. The van der Waals surface area contributed by atoms with Crippen LogP contribution in [0.2, 0.25) is 0 Å². The Morgan fingerprint density at radius 2 is 1.70 bits per heavy atom. The van der Waals surface area contributed by atoms with Crippen molar-refractivity contribution in [1.29, 1.82) is 0 Å². The molecule has 0 aliphatic carbocycles. The third kappa shape index (κ3) is 3.19. The van der Waals surface area contributed by atoms with Crippen molar-refractivity contribution >= 4 is 28.2 Å². The zero-order valence-corrected chi connectivity index (χ0v) is 14.6. The van der Waals surface area contributed by atoms with Crippen molar-refractivity contribution in [3.63, 3.8) is 0 Å². The maximum atomic E-state index is 12.6. The zero-order chi connectivity index (χ0) is 18.8. The highest BCUT2D eigenvalue weighted by atomic mass is 16.6. The van der Waals surface area contributed by atoms with E-state index in [1.54, 1.807) is 24.4 Å². The van der Waals surface area contributed by atoms with Gasteiger partial charge in [-0.2, -0.15) is 0 Å². The van der Waals surface area contributed by atoms with Crippen LogP contribution in [0.1, 0.15) is 10.4 Å². The van der Waals surface area contributed by atoms with Crippen molar-refractivity contribution in [2.45, 2.75) is 0 Å². The molecular formula is C20H18N4O3. The molecular weight excluding hydrogens is 344 g/mol. The maximum Gasteiger partial charge on any atom is 0.278 e. The van der Waals surface area contributed by atoms with Crippen molar-refractivity contribution in [1.82, 2.24) is 9.88 Å². The number of aromatic nitrogens is 1. The highest BCUT2D eigenvalue weighted by molar-refractivity contribution is 5.97. The first-order valence-electron chi connectivity index (χ1n) is 8.76. The lowest BCUT2D eigenvalue weighted by molar-refractivity contribution is -0.383. The Balaban J connectivity index is 1.56. The monoisotopic (exact) mass is 362 g/mol. The average molecular weight is 362 g/mol. The molecule has 0 radical (unpaired) electrons. The quantitative estimate of drug-likeness (QED) is 0.528. The minimum absolute atomic E-state index is 0.0296. The fourth-order valence-electron chi connectivity index (χ4n) is 3.47. The number of anilines is 1. The van der Waals surface area contributed by atoms with Crippen LogP contribution in [0, 0.1) is 10.1 Å². The van der Waals surface area contributed by atoms with Gasteiger partial charge in [-0.3, -0.25) is 19.9 Å². The zero-order valence-electron chi connectivity index (χ0n) is 14.6. The molecule has 1 aliphatic heterocycles. The van der Waals surface area contributed by atoms with E-state index in [1.165, 1.54) is 6.07 Å². The van der Waals surface area contributed by atoms with Crippen molar-refractivity contribution < 1.29 is 9.72 Å². The molecule has 1 saturated heterocycles.